The summed E-state index contributed by atoms with van der Waals surface area (Å²) in [6.07, 6.45) is 2.36. The number of amides is 1. The number of nitrogens with two attached hydrogens (primary N) is 1. The summed E-state index contributed by atoms with van der Waals surface area (Å²) in [6, 6.07) is 4.70. The van der Waals surface area contributed by atoms with Gasteiger partial charge in [0.05, 0.1) is 4.92 Å². The lowest BCUT2D eigenvalue weighted by Crippen LogP contribution is -2.45. The number of nitro groups is 1. The summed E-state index contributed by atoms with van der Waals surface area (Å²) in [5.41, 5.74) is 6.88. The number of hydrogen-bond donors (Lipinski definition) is 1. The van der Waals surface area contributed by atoms with Crippen molar-refractivity contribution in [3.05, 3.63) is 39.4 Å². The standard InChI is InChI=1S/C14H19N3O3.ClH/c1-2-10-5-6-11(8-13(10)17(19)20)14(18)16-7-3-4-12(15)9-16;/h5-6,8,12H,2-4,7,9,15H2,1H3;1H. The van der Waals surface area contributed by atoms with E-state index < -0.39 is 4.92 Å². The third-order valence-corrected chi connectivity index (χ3v) is 3.65. The van der Waals surface area contributed by atoms with Gasteiger partial charge in [0, 0.05) is 36.3 Å². The number of likely N-dealkylation sites (tertiary alicyclic amines) is 1. The first-order valence-electron chi connectivity index (χ1n) is 6.85. The maximum Gasteiger partial charge on any atom is 0.273 e. The van der Waals surface area contributed by atoms with Crippen LogP contribution in [0.3, 0.4) is 0 Å². The second-order valence-electron chi connectivity index (χ2n) is 5.11. The average molecular weight is 314 g/mol. The summed E-state index contributed by atoms with van der Waals surface area (Å²) in [6.45, 7) is 3.03. The zero-order chi connectivity index (χ0) is 14.7. The van der Waals surface area contributed by atoms with Crippen LogP contribution in [0.2, 0.25) is 0 Å². The van der Waals surface area contributed by atoms with Gasteiger partial charge in [0.25, 0.3) is 11.6 Å². The van der Waals surface area contributed by atoms with Crippen LogP contribution < -0.4 is 5.73 Å². The number of halogens is 1. The quantitative estimate of drug-likeness (QED) is 0.684. The lowest BCUT2D eigenvalue weighted by molar-refractivity contribution is -0.385. The highest BCUT2D eigenvalue weighted by molar-refractivity contribution is 5.95. The maximum atomic E-state index is 12.4. The van der Waals surface area contributed by atoms with Gasteiger partial charge in [0.1, 0.15) is 0 Å². The van der Waals surface area contributed by atoms with Crippen LogP contribution in [-0.2, 0) is 6.42 Å². The van der Waals surface area contributed by atoms with E-state index in [4.69, 9.17) is 5.73 Å². The minimum atomic E-state index is -0.433. The molecule has 1 heterocycles. The van der Waals surface area contributed by atoms with Gasteiger partial charge in [0.15, 0.2) is 0 Å². The fourth-order valence-corrected chi connectivity index (χ4v) is 2.54. The molecule has 0 aromatic heterocycles. The predicted octanol–water partition coefficient (Wildman–Crippen LogP) is 2.14. The summed E-state index contributed by atoms with van der Waals surface area (Å²) in [4.78, 5) is 24.7. The molecule has 21 heavy (non-hydrogen) atoms. The largest absolute Gasteiger partial charge is 0.337 e. The molecule has 1 aliphatic heterocycles. The van der Waals surface area contributed by atoms with Gasteiger partial charge >= 0.3 is 0 Å². The lowest BCUT2D eigenvalue weighted by Gasteiger charge is -2.30. The Hall–Kier alpha value is -1.66. The SMILES string of the molecule is CCc1ccc(C(=O)N2CCCC(N)C2)cc1[N+](=O)[O-].Cl. The van der Waals surface area contributed by atoms with Crippen LogP contribution >= 0.6 is 12.4 Å². The van der Waals surface area contributed by atoms with Crippen molar-refractivity contribution in [2.45, 2.75) is 32.2 Å². The molecule has 0 aliphatic carbocycles. The monoisotopic (exact) mass is 313 g/mol. The van der Waals surface area contributed by atoms with E-state index in [1.165, 1.54) is 6.07 Å². The van der Waals surface area contributed by atoms with E-state index in [-0.39, 0.29) is 30.0 Å². The Kier molecular flexibility index (Phi) is 6.11. The smallest absolute Gasteiger partial charge is 0.273 e. The van der Waals surface area contributed by atoms with Crippen LogP contribution in [0.25, 0.3) is 0 Å². The Bertz CT molecular complexity index is 536. The van der Waals surface area contributed by atoms with Gasteiger partial charge in [-0.25, -0.2) is 0 Å². The summed E-state index contributed by atoms with van der Waals surface area (Å²) in [5, 5.41) is 11.0. The van der Waals surface area contributed by atoms with E-state index in [0.717, 1.165) is 12.8 Å². The highest BCUT2D eigenvalue weighted by Gasteiger charge is 2.24. The molecule has 1 unspecified atom stereocenters. The first-order valence-corrected chi connectivity index (χ1v) is 6.85. The van der Waals surface area contributed by atoms with Crippen LogP contribution in [0.5, 0.6) is 0 Å². The number of rotatable bonds is 3. The number of carbonyl (C=O) groups is 1. The summed E-state index contributed by atoms with van der Waals surface area (Å²) >= 11 is 0. The topological polar surface area (TPSA) is 89.5 Å². The van der Waals surface area contributed by atoms with Crippen molar-refractivity contribution >= 4 is 24.0 Å². The van der Waals surface area contributed by atoms with Crippen LogP contribution in [0, 0.1) is 10.1 Å². The molecule has 1 aromatic carbocycles. The molecule has 2 N–H and O–H groups in total. The number of hydrogen-bond acceptors (Lipinski definition) is 4. The zero-order valence-electron chi connectivity index (χ0n) is 11.9. The first kappa shape index (κ1) is 17.4. The van der Waals surface area contributed by atoms with Crippen molar-refractivity contribution < 1.29 is 9.72 Å². The minimum absolute atomic E-state index is 0. The van der Waals surface area contributed by atoms with E-state index in [2.05, 4.69) is 0 Å². The predicted molar refractivity (Wildman–Crippen MR) is 82.8 cm³/mol. The van der Waals surface area contributed by atoms with Gasteiger partial charge in [0.2, 0.25) is 0 Å². The minimum Gasteiger partial charge on any atom is -0.337 e. The molecule has 1 amide bonds. The second-order valence-corrected chi connectivity index (χ2v) is 5.11. The molecule has 2 rings (SSSR count). The highest BCUT2D eigenvalue weighted by Crippen LogP contribution is 2.22. The van der Waals surface area contributed by atoms with E-state index in [0.29, 0.717) is 30.6 Å². The molecular weight excluding hydrogens is 294 g/mol. The van der Waals surface area contributed by atoms with Gasteiger partial charge in [-0.3, -0.25) is 14.9 Å². The number of aryl methyl sites for hydroxylation is 1. The molecule has 1 aliphatic rings. The van der Waals surface area contributed by atoms with Crippen LogP contribution in [-0.4, -0.2) is 34.9 Å². The van der Waals surface area contributed by atoms with Crippen molar-refractivity contribution in [3.63, 3.8) is 0 Å². The normalized spacial score (nSPS) is 18.0. The molecule has 0 radical (unpaired) electrons. The molecule has 116 valence electrons. The Balaban J connectivity index is 0.00000220. The Morgan fingerprint density at radius 2 is 2.24 bits per heavy atom. The van der Waals surface area contributed by atoms with E-state index in [1.807, 2.05) is 6.92 Å². The fourth-order valence-electron chi connectivity index (χ4n) is 2.54. The van der Waals surface area contributed by atoms with Crippen molar-refractivity contribution in [1.82, 2.24) is 4.90 Å². The Labute approximate surface area is 129 Å². The number of nitro benzene ring substituents is 1. The van der Waals surface area contributed by atoms with Gasteiger partial charge in [-0.1, -0.05) is 13.0 Å². The molecule has 7 heteroatoms. The van der Waals surface area contributed by atoms with Crippen LogP contribution in [0.1, 0.15) is 35.7 Å². The summed E-state index contributed by atoms with van der Waals surface area (Å²) < 4.78 is 0. The zero-order valence-corrected chi connectivity index (χ0v) is 12.8. The molecular formula is C14H20ClN3O3. The summed E-state index contributed by atoms with van der Waals surface area (Å²) in [5.74, 6) is -0.175. The van der Waals surface area contributed by atoms with Crippen LogP contribution in [0.4, 0.5) is 5.69 Å². The molecule has 0 saturated carbocycles. The lowest BCUT2D eigenvalue weighted by atomic mass is 10.0. The second kappa shape index (κ2) is 7.38. The van der Waals surface area contributed by atoms with Crippen molar-refractivity contribution in [2.75, 3.05) is 13.1 Å². The molecule has 1 fully saturated rings. The Morgan fingerprint density at radius 1 is 1.52 bits per heavy atom. The van der Waals surface area contributed by atoms with Gasteiger partial charge in [-0.15, -0.1) is 12.4 Å². The molecule has 1 atom stereocenters. The number of benzene rings is 1. The van der Waals surface area contributed by atoms with Gasteiger partial charge in [-0.2, -0.15) is 0 Å². The van der Waals surface area contributed by atoms with Crippen LogP contribution in [0.15, 0.2) is 18.2 Å². The molecule has 1 aromatic rings. The van der Waals surface area contributed by atoms with Crippen molar-refractivity contribution in [3.8, 4) is 0 Å². The van der Waals surface area contributed by atoms with E-state index >= 15 is 0 Å². The Morgan fingerprint density at radius 3 is 2.81 bits per heavy atom. The fraction of sp³-hybridized carbons (Fsp3) is 0.500. The third kappa shape index (κ3) is 3.92. The van der Waals surface area contributed by atoms with Crippen molar-refractivity contribution in [1.29, 1.82) is 0 Å². The summed E-state index contributed by atoms with van der Waals surface area (Å²) in [7, 11) is 0. The first-order chi connectivity index (χ1) is 9.52. The molecule has 0 bridgehead atoms. The third-order valence-electron chi connectivity index (χ3n) is 3.65. The molecule has 0 spiro atoms. The van der Waals surface area contributed by atoms with E-state index in [1.54, 1.807) is 17.0 Å². The number of carbonyl (C=O) groups excluding carboxylic acids is 1. The van der Waals surface area contributed by atoms with Gasteiger partial charge < -0.3 is 10.6 Å². The van der Waals surface area contributed by atoms with Crippen molar-refractivity contribution in [2.24, 2.45) is 5.73 Å². The van der Waals surface area contributed by atoms with E-state index in [9.17, 15) is 14.9 Å². The maximum absolute atomic E-state index is 12.4. The highest BCUT2D eigenvalue weighted by atomic mass is 35.5. The number of piperidine rings is 1. The molecule has 1 saturated heterocycles. The van der Waals surface area contributed by atoms with Gasteiger partial charge in [-0.05, 0) is 25.3 Å². The number of nitrogens with zero attached hydrogens (tertiary/aromatic N) is 2. The molecule has 6 nitrogen and oxygen atoms in total. The average Bonchev–Trinajstić information content (AvgIpc) is 2.45.